The van der Waals surface area contributed by atoms with E-state index < -0.39 is 0 Å². The maximum Gasteiger partial charge on any atom is 0.221 e. The fraction of sp³-hybridized carbons (Fsp3) is 0.562. The van der Waals surface area contributed by atoms with Crippen molar-refractivity contribution in [3.05, 3.63) is 35.4 Å². The van der Waals surface area contributed by atoms with E-state index in [2.05, 4.69) is 22.3 Å². The molecule has 0 radical (unpaired) electrons. The number of carbonyl (C=O) groups excluding carboxylic acids is 1. The van der Waals surface area contributed by atoms with E-state index in [1.165, 1.54) is 24.0 Å². The standard InChI is InChI=1S/C16H25N3O/c1-19(2)11-14-6-4-3-5-13(14)10-18-16(20)9-15(17)12-7-8-12/h3-6,12,15H,7-11,17H2,1-2H3,(H,18,20). The SMILES string of the molecule is CN(C)Cc1ccccc1CNC(=O)CC(N)C1CC1. The van der Waals surface area contributed by atoms with Gasteiger partial charge in [0, 0.05) is 25.6 Å². The monoisotopic (exact) mass is 275 g/mol. The second-order valence-corrected chi connectivity index (χ2v) is 5.99. The Morgan fingerprint density at radius 2 is 2.00 bits per heavy atom. The number of nitrogens with two attached hydrogens (primary N) is 1. The Labute approximate surface area is 121 Å². The first-order valence-corrected chi connectivity index (χ1v) is 7.30. The van der Waals surface area contributed by atoms with Crippen LogP contribution in [-0.2, 0) is 17.9 Å². The average Bonchev–Trinajstić information content (AvgIpc) is 3.21. The van der Waals surface area contributed by atoms with Gasteiger partial charge in [-0.1, -0.05) is 24.3 Å². The minimum Gasteiger partial charge on any atom is -0.352 e. The summed E-state index contributed by atoms with van der Waals surface area (Å²) in [4.78, 5) is 14.0. The summed E-state index contributed by atoms with van der Waals surface area (Å²) < 4.78 is 0. The van der Waals surface area contributed by atoms with Crippen molar-refractivity contribution >= 4 is 5.91 Å². The molecule has 3 N–H and O–H groups in total. The first kappa shape index (κ1) is 15.0. The van der Waals surface area contributed by atoms with E-state index in [0.717, 1.165) is 6.54 Å². The van der Waals surface area contributed by atoms with Gasteiger partial charge in [-0.3, -0.25) is 4.79 Å². The highest BCUT2D eigenvalue weighted by molar-refractivity contribution is 5.76. The molecule has 2 rings (SSSR count). The summed E-state index contributed by atoms with van der Waals surface area (Å²) >= 11 is 0. The molecule has 1 aromatic rings. The Bertz CT molecular complexity index is 455. The second-order valence-electron chi connectivity index (χ2n) is 5.99. The minimum atomic E-state index is 0.0343. The molecule has 1 aliphatic rings. The lowest BCUT2D eigenvalue weighted by Crippen LogP contribution is -2.32. The molecule has 1 amide bonds. The summed E-state index contributed by atoms with van der Waals surface area (Å²) in [5.41, 5.74) is 8.41. The maximum absolute atomic E-state index is 11.9. The van der Waals surface area contributed by atoms with Gasteiger partial charge < -0.3 is 16.0 Å². The van der Waals surface area contributed by atoms with E-state index >= 15 is 0 Å². The van der Waals surface area contributed by atoms with Gasteiger partial charge in [0.1, 0.15) is 0 Å². The van der Waals surface area contributed by atoms with Gasteiger partial charge in [-0.25, -0.2) is 0 Å². The molecule has 0 aliphatic heterocycles. The van der Waals surface area contributed by atoms with Gasteiger partial charge in [0.25, 0.3) is 0 Å². The maximum atomic E-state index is 11.9. The van der Waals surface area contributed by atoms with Gasteiger partial charge >= 0.3 is 0 Å². The third kappa shape index (κ3) is 4.62. The molecule has 0 heterocycles. The predicted octanol–water partition coefficient (Wildman–Crippen LogP) is 1.49. The number of benzene rings is 1. The van der Waals surface area contributed by atoms with Crippen molar-refractivity contribution in [2.24, 2.45) is 11.7 Å². The number of nitrogens with one attached hydrogen (secondary N) is 1. The summed E-state index contributed by atoms with van der Waals surface area (Å²) in [6.45, 7) is 1.47. The van der Waals surface area contributed by atoms with Crippen LogP contribution in [0.3, 0.4) is 0 Å². The Kier molecular flexibility index (Phi) is 5.15. The average molecular weight is 275 g/mol. The van der Waals surface area contributed by atoms with E-state index in [4.69, 9.17) is 5.73 Å². The molecular formula is C16H25N3O. The molecule has 4 heteroatoms. The van der Waals surface area contributed by atoms with Crippen LogP contribution in [0.1, 0.15) is 30.4 Å². The van der Waals surface area contributed by atoms with Crippen molar-refractivity contribution in [3.63, 3.8) is 0 Å². The van der Waals surface area contributed by atoms with Gasteiger partial charge in [0.05, 0.1) is 0 Å². The minimum absolute atomic E-state index is 0.0343. The summed E-state index contributed by atoms with van der Waals surface area (Å²) in [7, 11) is 4.09. The van der Waals surface area contributed by atoms with Gasteiger partial charge in [-0.05, 0) is 44.0 Å². The highest BCUT2D eigenvalue weighted by Gasteiger charge is 2.29. The Balaban J connectivity index is 1.84. The molecule has 1 fully saturated rings. The highest BCUT2D eigenvalue weighted by Crippen LogP contribution is 2.32. The predicted molar refractivity (Wildman–Crippen MR) is 81.0 cm³/mol. The van der Waals surface area contributed by atoms with Crippen molar-refractivity contribution in [1.82, 2.24) is 10.2 Å². The van der Waals surface area contributed by atoms with Crippen LogP contribution in [0.25, 0.3) is 0 Å². The zero-order valence-electron chi connectivity index (χ0n) is 12.4. The first-order chi connectivity index (χ1) is 9.56. The number of amides is 1. The Morgan fingerprint density at radius 1 is 1.35 bits per heavy atom. The highest BCUT2D eigenvalue weighted by atomic mass is 16.1. The Hall–Kier alpha value is -1.39. The van der Waals surface area contributed by atoms with Gasteiger partial charge in [0.2, 0.25) is 5.91 Å². The zero-order valence-corrected chi connectivity index (χ0v) is 12.4. The number of hydrogen-bond acceptors (Lipinski definition) is 3. The quantitative estimate of drug-likeness (QED) is 0.792. The van der Waals surface area contributed by atoms with Crippen LogP contribution in [-0.4, -0.2) is 30.9 Å². The van der Waals surface area contributed by atoms with Crippen molar-refractivity contribution in [1.29, 1.82) is 0 Å². The van der Waals surface area contributed by atoms with Crippen LogP contribution in [0.15, 0.2) is 24.3 Å². The molecule has 1 atom stereocenters. The van der Waals surface area contributed by atoms with E-state index in [9.17, 15) is 4.79 Å². The number of nitrogens with zero attached hydrogens (tertiary/aromatic N) is 1. The van der Waals surface area contributed by atoms with Crippen LogP contribution in [0.5, 0.6) is 0 Å². The van der Waals surface area contributed by atoms with Crippen LogP contribution in [0, 0.1) is 5.92 Å². The molecule has 1 aromatic carbocycles. The number of rotatable bonds is 7. The first-order valence-electron chi connectivity index (χ1n) is 7.30. The van der Waals surface area contributed by atoms with E-state index in [1.54, 1.807) is 0 Å². The van der Waals surface area contributed by atoms with Crippen molar-refractivity contribution in [2.75, 3.05) is 14.1 Å². The Morgan fingerprint density at radius 3 is 2.60 bits per heavy atom. The van der Waals surface area contributed by atoms with Crippen LogP contribution in [0.2, 0.25) is 0 Å². The summed E-state index contributed by atoms with van der Waals surface area (Å²) in [6.07, 6.45) is 2.81. The topological polar surface area (TPSA) is 58.4 Å². The smallest absolute Gasteiger partial charge is 0.221 e. The van der Waals surface area contributed by atoms with Crippen LogP contribution >= 0.6 is 0 Å². The lowest BCUT2D eigenvalue weighted by molar-refractivity contribution is -0.121. The molecule has 0 aromatic heterocycles. The molecule has 1 saturated carbocycles. The van der Waals surface area contributed by atoms with Crippen LogP contribution in [0.4, 0.5) is 0 Å². The molecule has 0 saturated heterocycles. The zero-order chi connectivity index (χ0) is 14.5. The molecule has 20 heavy (non-hydrogen) atoms. The van der Waals surface area contributed by atoms with Crippen LogP contribution < -0.4 is 11.1 Å². The fourth-order valence-corrected chi connectivity index (χ4v) is 2.40. The van der Waals surface area contributed by atoms with E-state index in [-0.39, 0.29) is 11.9 Å². The molecule has 0 bridgehead atoms. The third-order valence-corrected chi connectivity index (χ3v) is 3.73. The normalized spacial score (nSPS) is 16.2. The second kappa shape index (κ2) is 6.86. The van der Waals surface area contributed by atoms with Gasteiger partial charge in [-0.2, -0.15) is 0 Å². The molecule has 0 spiro atoms. The summed E-state index contributed by atoms with van der Waals surface area (Å²) in [5.74, 6) is 0.630. The number of hydrogen-bond donors (Lipinski definition) is 2. The molecular weight excluding hydrogens is 250 g/mol. The molecule has 4 nitrogen and oxygen atoms in total. The van der Waals surface area contributed by atoms with Gasteiger partial charge in [-0.15, -0.1) is 0 Å². The van der Waals surface area contributed by atoms with E-state index in [0.29, 0.717) is 18.9 Å². The van der Waals surface area contributed by atoms with Crippen molar-refractivity contribution < 1.29 is 4.79 Å². The van der Waals surface area contributed by atoms with Crippen molar-refractivity contribution in [3.8, 4) is 0 Å². The number of carbonyl (C=O) groups is 1. The molecule has 110 valence electrons. The third-order valence-electron chi connectivity index (χ3n) is 3.73. The fourth-order valence-electron chi connectivity index (χ4n) is 2.40. The summed E-state index contributed by atoms with van der Waals surface area (Å²) in [6, 6.07) is 8.26. The van der Waals surface area contributed by atoms with E-state index in [1.807, 2.05) is 26.2 Å². The lowest BCUT2D eigenvalue weighted by Gasteiger charge is -2.15. The largest absolute Gasteiger partial charge is 0.352 e. The molecule has 1 aliphatic carbocycles. The lowest BCUT2D eigenvalue weighted by atomic mass is 10.1. The summed E-state index contributed by atoms with van der Waals surface area (Å²) in [5, 5.41) is 2.99. The van der Waals surface area contributed by atoms with Gasteiger partial charge in [0.15, 0.2) is 0 Å². The van der Waals surface area contributed by atoms with Crippen molar-refractivity contribution in [2.45, 2.75) is 38.4 Å². The molecule has 1 unspecified atom stereocenters.